The Bertz CT molecular complexity index is 1160. The van der Waals surface area contributed by atoms with Crippen molar-refractivity contribution in [3.05, 3.63) is 107 Å². The van der Waals surface area contributed by atoms with Crippen LogP contribution >= 0.6 is 0 Å². The Morgan fingerprint density at radius 3 is 2.29 bits per heavy atom. The van der Waals surface area contributed by atoms with Gasteiger partial charge < -0.3 is 4.90 Å². The highest BCUT2D eigenvalue weighted by molar-refractivity contribution is 5.94. The third-order valence-electron chi connectivity index (χ3n) is 8.93. The molecule has 3 heteroatoms. The average molecular weight is 465 g/mol. The van der Waals surface area contributed by atoms with Gasteiger partial charge in [-0.05, 0) is 79.8 Å². The molecule has 3 nitrogen and oxygen atoms in total. The number of carbonyl (C=O) groups excluding carboxylic acids is 1. The highest BCUT2D eigenvalue weighted by Gasteiger charge is 2.42. The Labute approximate surface area is 209 Å². The standard InChI is InChI=1S/C32H36N2O/c35-31(26-9-3-1-4-10-26)34-20-18-32(24-34,29-13-5-2-6-14-29)17-19-33-23-25-15-16-30(33)22-28-12-8-7-11-27(28)21-25/h1-14,25,30H,15-24H2/t25-,30+,32?/m1/s1. The lowest BCUT2D eigenvalue weighted by atomic mass is 9.75. The van der Waals surface area contributed by atoms with Gasteiger partial charge in [-0.15, -0.1) is 0 Å². The van der Waals surface area contributed by atoms with E-state index in [9.17, 15) is 4.79 Å². The molecule has 3 aromatic rings. The Morgan fingerprint density at radius 1 is 0.829 bits per heavy atom. The molecule has 35 heavy (non-hydrogen) atoms. The number of fused-ring (bicyclic) bond motifs is 2. The van der Waals surface area contributed by atoms with Gasteiger partial charge in [0.1, 0.15) is 0 Å². The van der Waals surface area contributed by atoms with Crippen molar-refractivity contribution in [3.63, 3.8) is 0 Å². The maximum atomic E-state index is 13.3. The largest absolute Gasteiger partial charge is 0.338 e. The summed E-state index contributed by atoms with van der Waals surface area (Å²) < 4.78 is 0. The van der Waals surface area contributed by atoms with Gasteiger partial charge in [0.05, 0.1) is 0 Å². The van der Waals surface area contributed by atoms with E-state index in [1.165, 1.54) is 37.8 Å². The molecule has 7 rings (SSSR count). The molecular weight excluding hydrogens is 428 g/mol. The van der Waals surface area contributed by atoms with Gasteiger partial charge in [0.15, 0.2) is 0 Å². The van der Waals surface area contributed by atoms with E-state index in [-0.39, 0.29) is 11.3 Å². The van der Waals surface area contributed by atoms with Crippen LogP contribution in [0.5, 0.6) is 0 Å². The van der Waals surface area contributed by atoms with Crippen LogP contribution in [-0.4, -0.2) is 47.9 Å². The molecule has 2 saturated heterocycles. The summed E-state index contributed by atoms with van der Waals surface area (Å²) in [5, 5.41) is 0. The monoisotopic (exact) mass is 464 g/mol. The summed E-state index contributed by atoms with van der Waals surface area (Å²) in [6, 6.07) is 30.5. The fourth-order valence-electron chi connectivity index (χ4n) is 6.92. The smallest absolute Gasteiger partial charge is 0.253 e. The van der Waals surface area contributed by atoms with Gasteiger partial charge in [-0.2, -0.15) is 0 Å². The maximum Gasteiger partial charge on any atom is 0.253 e. The molecule has 180 valence electrons. The highest BCUT2D eigenvalue weighted by atomic mass is 16.2. The fraction of sp³-hybridized carbons (Fsp3) is 0.406. The molecule has 1 unspecified atom stereocenters. The first-order valence-electron chi connectivity index (χ1n) is 13.4. The van der Waals surface area contributed by atoms with E-state index in [0.29, 0.717) is 6.04 Å². The second-order valence-corrected chi connectivity index (χ2v) is 11.0. The molecule has 3 atom stereocenters. The number of hydrogen-bond acceptors (Lipinski definition) is 2. The molecule has 0 N–H and O–H groups in total. The SMILES string of the molecule is O=C(c1ccccc1)N1CCC(CCN2C[C@@H]3CC[C@H]2Cc2ccccc2C3)(c2ccccc2)C1. The summed E-state index contributed by atoms with van der Waals surface area (Å²) in [5.74, 6) is 0.936. The molecule has 1 aliphatic carbocycles. The van der Waals surface area contributed by atoms with Crippen LogP contribution in [0.15, 0.2) is 84.9 Å². The van der Waals surface area contributed by atoms with Crippen molar-refractivity contribution < 1.29 is 4.79 Å². The first-order chi connectivity index (χ1) is 17.2. The van der Waals surface area contributed by atoms with Crippen molar-refractivity contribution in [2.45, 2.75) is 50.0 Å². The van der Waals surface area contributed by atoms with E-state index in [0.717, 1.165) is 44.0 Å². The Hall–Kier alpha value is -2.91. The maximum absolute atomic E-state index is 13.3. The zero-order valence-electron chi connectivity index (χ0n) is 20.6. The molecule has 2 fully saturated rings. The number of piperidine rings is 1. The van der Waals surface area contributed by atoms with E-state index in [2.05, 4.69) is 64.4 Å². The minimum atomic E-state index is 0.0330. The number of nitrogens with zero attached hydrogens (tertiary/aromatic N) is 2. The van der Waals surface area contributed by atoms with Gasteiger partial charge in [0.2, 0.25) is 0 Å². The van der Waals surface area contributed by atoms with Crippen molar-refractivity contribution in [2.24, 2.45) is 5.92 Å². The molecule has 1 amide bonds. The van der Waals surface area contributed by atoms with E-state index < -0.39 is 0 Å². The predicted octanol–water partition coefficient (Wildman–Crippen LogP) is 5.74. The van der Waals surface area contributed by atoms with Crippen molar-refractivity contribution in [2.75, 3.05) is 26.2 Å². The third kappa shape index (κ3) is 4.54. The van der Waals surface area contributed by atoms with Gasteiger partial charge in [0.25, 0.3) is 5.91 Å². The minimum absolute atomic E-state index is 0.0330. The number of hydrogen-bond donors (Lipinski definition) is 0. The number of carbonyl (C=O) groups is 1. The zero-order valence-corrected chi connectivity index (χ0v) is 20.6. The van der Waals surface area contributed by atoms with Gasteiger partial charge in [-0.1, -0.05) is 72.8 Å². The highest BCUT2D eigenvalue weighted by Crippen LogP contribution is 2.40. The summed E-state index contributed by atoms with van der Waals surface area (Å²) in [7, 11) is 0. The van der Waals surface area contributed by atoms with Crippen LogP contribution in [0, 0.1) is 5.92 Å². The Balaban J connectivity index is 1.22. The first-order valence-corrected chi connectivity index (χ1v) is 13.4. The normalized spacial score (nSPS) is 26.2. The van der Waals surface area contributed by atoms with Gasteiger partial charge in [0, 0.05) is 36.7 Å². The summed E-state index contributed by atoms with van der Waals surface area (Å²) in [6.45, 7) is 3.99. The molecule has 0 spiro atoms. The van der Waals surface area contributed by atoms with Crippen LogP contribution in [-0.2, 0) is 18.3 Å². The molecule has 0 aromatic heterocycles. The predicted molar refractivity (Wildman–Crippen MR) is 142 cm³/mol. The fourth-order valence-corrected chi connectivity index (χ4v) is 6.92. The van der Waals surface area contributed by atoms with Crippen molar-refractivity contribution >= 4 is 5.91 Å². The average Bonchev–Trinajstić information content (AvgIpc) is 3.34. The third-order valence-corrected chi connectivity index (χ3v) is 8.93. The Kier molecular flexibility index (Phi) is 6.20. The van der Waals surface area contributed by atoms with Crippen molar-refractivity contribution in [3.8, 4) is 0 Å². The van der Waals surface area contributed by atoms with E-state index in [4.69, 9.17) is 0 Å². The molecular formula is C32H36N2O. The lowest BCUT2D eigenvalue weighted by molar-refractivity contribution is 0.0765. The Morgan fingerprint density at radius 2 is 1.51 bits per heavy atom. The molecule has 3 aliphatic heterocycles. The molecule has 0 radical (unpaired) electrons. The second-order valence-electron chi connectivity index (χ2n) is 11.0. The first kappa shape index (κ1) is 22.5. The molecule has 4 aliphatic rings. The second kappa shape index (κ2) is 9.62. The van der Waals surface area contributed by atoms with Gasteiger partial charge in [-0.25, -0.2) is 0 Å². The van der Waals surface area contributed by atoms with Crippen LogP contribution in [0.3, 0.4) is 0 Å². The van der Waals surface area contributed by atoms with Crippen molar-refractivity contribution in [1.29, 1.82) is 0 Å². The van der Waals surface area contributed by atoms with Crippen LogP contribution < -0.4 is 0 Å². The van der Waals surface area contributed by atoms with Gasteiger partial charge in [-0.3, -0.25) is 9.69 Å². The lowest BCUT2D eigenvalue weighted by Crippen LogP contribution is -2.48. The molecule has 2 bridgehead atoms. The van der Waals surface area contributed by atoms with Crippen LogP contribution in [0.4, 0.5) is 0 Å². The number of likely N-dealkylation sites (tertiary alicyclic amines) is 1. The molecule has 0 saturated carbocycles. The molecule has 3 heterocycles. The van der Waals surface area contributed by atoms with Crippen LogP contribution in [0.25, 0.3) is 0 Å². The summed E-state index contributed by atoms with van der Waals surface area (Å²) in [4.78, 5) is 18.2. The molecule has 3 aromatic carbocycles. The summed E-state index contributed by atoms with van der Waals surface area (Å²) in [6.07, 6.45) is 7.23. The van der Waals surface area contributed by atoms with E-state index >= 15 is 0 Å². The summed E-state index contributed by atoms with van der Waals surface area (Å²) >= 11 is 0. The topological polar surface area (TPSA) is 23.6 Å². The van der Waals surface area contributed by atoms with Crippen LogP contribution in [0.1, 0.15) is 52.7 Å². The number of benzene rings is 3. The minimum Gasteiger partial charge on any atom is -0.338 e. The van der Waals surface area contributed by atoms with E-state index in [1.54, 1.807) is 11.1 Å². The van der Waals surface area contributed by atoms with Crippen LogP contribution in [0.2, 0.25) is 0 Å². The zero-order chi connectivity index (χ0) is 23.7. The lowest BCUT2D eigenvalue weighted by Gasteiger charge is -2.44. The number of rotatable bonds is 5. The van der Waals surface area contributed by atoms with Gasteiger partial charge >= 0.3 is 0 Å². The quantitative estimate of drug-likeness (QED) is 0.481. The van der Waals surface area contributed by atoms with E-state index in [1.807, 2.05) is 30.3 Å². The summed E-state index contributed by atoms with van der Waals surface area (Å²) in [5.41, 5.74) is 5.37. The van der Waals surface area contributed by atoms with Crippen molar-refractivity contribution in [1.82, 2.24) is 9.80 Å². The number of amides is 1.